The molecular formula is C14H14Cl2F3N2O3P. The summed E-state index contributed by atoms with van der Waals surface area (Å²) < 4.78 is 62.9. The second kappa shape index (κ2) is 8.93. The number of hydrogen-bond acceptors (Lipinski definition) is 5. The summed E-state index contributed by atoms with van der Waals surface area (Å²) in [6.45, 7) is 2.39. The molecule has 0 spiro atoms. The van der Waals surface area contributed by atoms with Crippen molar-refractivity contribution in [2.24, 2.45) is 0 Å². The van der Waals surface area contributed by atoms with Crippen LogP contribution < -0.4 is 5.32 Å². The molecule has 0 bridgehead atoms. The lowest BCUT2D eigenvalue weighted by molar-refractivity contribution is -0.0906. The van der Waals surface area contributed by atoms with Gasteiger partial charge in [0.2, 0.25) is 0 Å². The number of rotatable bonds is 7. The fraction of sp³-hybridized carbons (Fsp3) is 0.357. The molecule has 0 radical (unpaired) electrons. The molecule has 1 rings (SSSR count). The van der Waals surface area contributed by atoms with Crippen molar-refractivity contribution in [3.63, 3.8) is 0 Å². The topological polar surface area (TPSA) is 71.3 Å². The molecule has 0 saturated heterocycles. The zero-order valence-electron chi connectivity index (χ0n) is 13.2. The van der Waals surface area contributed by atoms with Gasteiger partial charge in [-0.05, 0) is 26.0 Å². The summed E-state index contributed by atoms with van der Waals surface area (Å²) >= 11 is 11.6. The number of nitrogens with zero attached hydrogens (tertiary/aromatic N) is 1. The van der Waals surface area contributed by atoms with E-state index in [4.69, 9.17) is 32.2 Å². The van der Waals surface area contributed by atoms with Gasteiger partial charge in [-0.25, -0.2) is 0 Å². The number of hydrogen-bond donors (Lipinski definition) is 1. The van der Waals surface area contributed by atoms with E-state index in [0.29, 0.717) is 0 Å². The highest BCUT2D eigenvalue weighted by Crippen LogP contribution is 2.58. The van der Waals surface area contributed by atoms with Crippen molar-refractivity contribution in [2.75, 3.05) is 18.5 Å². The van der Waals surface area contributed by atoms with Crippen LogP contribution in [0.2, 0.25) is 10.0 Å². The van der Waals surface area contributed by atoms with Crippen molar-refractivity contribution in [2.45, 2.75) is 20.0 Å². The van der Waals surface area contributed by atoms with Gasteiger partial charge in [-0.1, -0.05) is 29.3 Å². The van der Waals surface area contributed by atoms with Crippen LogP contribution in [0, 0.1) is 11.3 Å². The molecule has 0 aromatic heterocycles. The van der Waals surface area contributed by atoms with Crippen molar-refractivity contribution in [1.29, 1.82) is 5.26 Å². The normalized spacial score (nSPS) is 13.2. The molecule has 138 valence electrons. The molecule has 0 heterocycles. The van der Waals surface area contributed by atoms with Crippen molar-refractivity contribution in [3.8, 4) is 6.07 Å². The predicted octanol–water partition coefficient (Wildman–Crippen LogP) is 5.97. The van der Waals surface area contributed by atoms with Crippen LogP contribution in [0.15, 0.2) is 29.2 Å². The predicted molar refractivity (Wildman–Crippen MR) is 89.6 cm³/mol. The van der Waals surface area contributed by atoms with Gasteiger partial charge in [0.25, 0.3) is 0 Å². The highest BCUT2D eigenvalue weighted by molar-refractivity contribution is 7.59. The summed E-state index contributed by atoms with van der Waals surface area (Å²) in [5.41, 5.74) is -1.81. The molecular weight excluding hydrogens is 403 g/mol. The molecule has 0 fully saturated rings. The summed E-state index contributed by atoms with van der Waals surface area (Å²) in [5.74, 6) is 0. The van der Waals surface area contributed by atoms with E-state index in [1.54, 1.807) is 0 Å². The van der Waals surface area contributed by atoms with E-state index in [0.717, 1.165) is 0 Å². The molecule has 0 atom stereocenters. The van der Waals surface area contributed by atoms with Gasteiger partial charge in [0.05, 0.1) is 28.9 Å². The van der Waals surface area contributed by atoms with Crippen LogP contribution in [-0.2, 0) is 13.6 Å². The third kappa shape index (κ3) is 5.37. The number of allylic oxidation sites excluding steroid dienone is 2. The first-order chi connectivity index (χ1) is 11.6. The Balaban J connectivity index is 3.59. The van der Waals surface area contributed by atoms with E-state index in [9.17, 15) is 23.0 Å². The molecule has 0 unspecified atom stereocenters. The zero-order chi connectivity index (χ0) is 19.3. The first-order valence-electron chi connectivity index (χ1n) is 6.93. The monoisotopic (exact) mass is 416 g/mol. The second-order valence-corrected chi connectivity index (χ2v) is 7.14. The number of anilines is 1. The minimum atomic E-state index is -5.05. The van der Waals surface area contributed by atoms with E-state index in [1.807, 2.05) is 5.32 Å². The third-order valence-corrected chi connectivity index (χ3v) is 5.60. The van der Waals surface area contributed by atoms with Gasteiger partial charge < -0.3 is 14.4 Å². The van der Waals surface area contributed by atoms with Crippen molar-refractivity contribution in [1.82, 2.24) is 0 Å². The van der Waals surface area contributed by atoms with Gasteiger partial charge in [0.1, 0.15) is 11.8 Å². The standard InChI is InChI=1S/C14H14Cl2F3N2O3P/c1-3-23-25(22,24-4-2)11(8-20)13(14(17,18)19)21-10-7-5-6-9(15)12(10)16/h5-7,21H,3-4H2,1-2H3/b13-11-. The summed E-state index contributed by atoms with van der Waals surface area (Å²) in [7, 11) is -4.49. The summed E-state index contributed by atoms with van der Waals surface area (Å²) in [5, 5.41) is 9.82. The number of benzene rings is 1. The molecule has 1 N–H and O–H groups in total. The van der Waals surface area contributed by atoms with E-state index < -0.39 is 24.8 Å². The highest BCUT2D eigenvalue weighted by atomic mass is 35.5. The molecule has 11 heteroatoms. The van der Waals surface area contributed by atoms with Gasteiger partial charge in [-0.3, -0.25) is 4.57 Å². The van der Waals surface area contributed by atoms with Gasteiger partial charge in [0, 0.05) is 0 Å². The molecule has 0 aliphatic rings. The minimum Gasteiger partial charge on any atom is -0.349 e. The Morgan fingerprint density at radius 1 is 1.28 bits per heavy atom. The van der Waals surface area contributed by atoms with Crippen LogP contribution in [0.5, 0.6) is 0 Å². The number of halogens is 5. The largest absolute Gasteiger partial charge is 0.432 e. The average molecular weight is 417 g/mol. The third-order valence-electron chi connectivity index (χ3n) is 2.71. The van der Waals surface area contributed by atoms with Gasteiger partial charge in [-0.2, -0.15) is 18.4 Å². The molecule has 0 aliphatic carbocycles. The van der Waals surface area contributed by atoms with Gasteiger partial charge in [-0.15, -0.1) is 0 Å². The lowest BCUT2D eigenvalue weighted by Gasteiger charge is -2.22. The van der Waals surface area contributed by atoms with Crippen LogP contribution in [0.4, 0.5) is 18.9 Å². The molecule has 5 nitrogen and oxygen atoms in total. The quantitative estimate of drug-likeness (QED) is 0.437. The first kappa shape index (κ1) is 21.8. The molecule has 1 aromatic rings. The fourth-order valence-corrected chi connectivity index (χ4v) is 3.70. The van der Waals surface area contributed by atoms with Crippen molar-refractivity contribution in [3.05, 3.63) is 39.3 Å². The molecule has 25 heavy (non-hydrogen) atoms. The molecule has 0 saturated carbocycles. The fourth-order valence-electron chi connectivity index (χ4n) is 1.76. The Hall–Kier alpha value is -1.23. The Kier molecular flexibility index (Phi) is 7.79. The summed E-state index contributed by atoms with van der Waals surface area (Å²) in [4.78, 5) is 0. The maximum atomic E-state index is 13.5. The Labute approximate surface area is 152 Å². The Morgan fingerprint density at radius 3 is 2.28 bits per heavy atom. The van der Waals surface area contributed by atoms with Crippen LogP contribution >= 0.6 is 30.8 Å². The highest BCUT2D eigenvalue weighted by Gasteiger charge is 2.44. The van der Waals surface area contributed by atoms with Gasteiger partial charge >= 0.3 is 13.8 Å². The van der Waals surface area contributed by atoms with E-state index in [1.165, 1.54) is 38.1 Å². The summed E-state index contributed by atoms with van der Waals surface area (Å²) in [6, 6.07) is 5.24. The number of nitriles is 1. The minimum absolute atomic E-state index is 0.00416. The number of alkyl halides is 3. The molecule has 0 amide bonds. The maximum absolute atomic E-state index is 13.5. The van der Waals surface area contributed by atoms with Crippen LogP contribution in [0.1, 0.15) is 13.8 Å². The molecule has 1 aromatic carbocycles. The van der Waals surface area contributed by atoms with E-state index in [2.05, 4.69) is 0 Å². The zero-order valence-corrected chi connectivity index (χ0v) is 15.6. The Bertz CT molecular complexity index is 738. The van der Waals surface area contributed by atoms with Crippen LogP contribution in [0.25, 0.3) is 0 Å². The van der Waals surface area contributed by atoms with Crippen LogP contribution in [0.3, 0.4) is 0 Å². The first-order valence-corrected chi connectivity index (χ1v) is 9.22. The summed E-state index contributed by atoms with van der Waals surface area (Å²) in [6.07, 6.45) is -5.05. The van der Waals surface area contributed by atoms with E-state index in [-0.39, 0.29) is 28.9 Å². The van der Waals surface area contributed by atoms with Crippen LogP contribution in [-0.4, -0.2) is 19.4 Å². The smallest absolute Gasteiger partial charge is 0.349 e. The van der Waals surface area contributed by atoms with Crippen molar-refractivity contribution < 1.29 is 26.8 Å². The van der Waals surface area contributed by atoms with Crippen molar-refractivity contribution >= 4 is 36.5 Å². The second-order valence-electron chi connectivity index (χ2n) is 4.39. The number of nitrogens with one attached hydrogen (secondary N) is 1. The molecule has 0 aliphatic heterocycles. The Morgan fingerprint density at radius 2 is 1.84 bits per heavy atom. The lowest BCUT2D eigenvalue weighted by atomic mass is 10.3. The lowest BCUT2D eigenvalue weighted by Crippen LogP contribution is -2.22. The maximum Gasteiger partial charge on any atom is 0.432 e. The van der Waals surface area contributed by atoms with E-state index >= 15 is 0 Å². The average Bonchev–Trinajstić information content (AvgIpc) is 2.50. The SMILES string of the molecule is CCOP(=O)(OCC)/C(C#N)=C(\Nc1cccc(Cl)c1Cl)C(F)(F)F. The van der Waals surface area contributed by atoms with Gasteiger partial charge in [0.15, 0.2) is 5.31 Å².